The summed E-state index contributed by atoms with van der Waals surface area (Å²) in [5.74, 6) is -1.34. The molecule has 1 heterocycles. The molecule has 1 aliphatic rings. The van der Waals surface area contributed by atoms with Gasteiger partial charge in [0.15, 0.2) is 15.6 Å². The molecule has 0 spiro atoms. The minimum Gasteiger partial charge on any atom is -0.497 e. The molecule has 6 nitrogen and oxygen atoms in total. The number of hydrogen-bond acceptors (Lipinski definition) is 5. The zero-order valence-electron chi connectivity index (χ0n) is 15.4. The Kier molecular flexibility index (Phi) is 4.82. The molecule has 2 aromatic carbocycles. The second kappa shape index (κ2) is 6.81. The Morgan fingerprint density at radius 3 is 2.44 bits per heavy atom. The Hall–Kier alpha value is -2.67. The standard InChI is InChI=1S/C20H21NO5S/c1-20(13-27(24,25)12-18(22)14-7-5-4-6-8-14)16-11-15(26-3)9-10-17(16)21(2)19(20)23/h4-11H,12-13H2,1-3H3. The third kappa shape index (κ3) is 3.47. The molecule has 7 heteroatoms. The van der Waals surface area contributed by atoms with Gasteiger partial charge in [0, 0.05) is 18.3 Å². The summed E-state index contributed by atoms with van der Waals surface area (Å²) in [5.41, 5.74) is 0.301. The molecule has 1 atom stereocenters. The van der Waals surface area contributed by atoms with Gasteiger partial charge in [-0.1, -0.05) is 30.3 Å². The van der Waals surface area contributed by atoms with Crippen molar-refractivity contribution in [1.29, 1.82) is 0 Å². The highest BCUT2D eigenvalue weighted by molar-refractivity contribution is 7.92. The number of fused-ring (bicyclic) bond motifs is 1. The Morgan fingerprint density at radius 2 is 1.81 bits per heavy atom. The zero-order valence-corrected chi connectivity index (χ0v) is 16.2. The molecule has 0 radical (unpaired) electrons. The summed E-state index contributed by atoms with van der Waals surface area (Å²) in [7, 11) is -0.707. The van der Waals surface area contributed by atoms with Gasteiger partial charge < -0.3 is 9.64 Å². The number of methoxy groups -OCH3 is 1. The van der Waals surface area contributed by atoms with Crippen molar-refractivity contribution in [3.8, 4) is 5.75 Å². The van der Waals surface area contributed by atoms with Crippen LogP contribution in [0.25, 0.3) is 0 Å². The molecule has 0 N–H and O–H groups in total. The lowest BCUT2D eigenvalue weighted by atomic mass is 9.86. The second-order valence-electron chi connectivity index (χ2n) is 6.90. The van der Waals surface area contributed by atoms with E-state index in [2.05, 4.69) is 0 Å². The SMILES string of the molecule is COc1ccc2c(c1)C(C)(CS(=O)(=O)CC(=O)c1ccccc1)C(=O)N2C. The molecule has 0 saturated heterocycles. The highest BCUT2D eigenvalue weighted by Gasteiger charge is 2.49. The van der Waals surface area contributed by atoms with Gasteiger partial charge >= 0.3 is 0 Å². The van der Waals surface area contributed by atoms with Gasteiger partial charge in [0.05, 0.1) is 18.3 Å². The van der Waals surface area contributed by atoms with Gasteiger partial charge in [0.2, 0.25) is 5.91 Å². The van der Waals surface area contributed by atoms with Crippen LogP contribution in [0.2, 0.25) is 0 Å². The first-order valence-corrected chi connectivity index (χ1v) is 10.3. The number of sulfone groups is 1. The third-order valence-corrected chi connectivity index (χ3v) is 6.61. The van der Waals surface area contributed by atoms with E-state index in [-0.39, 0.29) is 5.91 Å². The molecule has 142 valence electrons. The van der Waals surface area contributed by atoms with E-state index >= 15 is 0 Å². The van der Waals surface area contributed by atoms with Crippen LogP contribution in [0.4, 0.5) is 5.69 Å². The number of nitrogens with zero attached hydrogens (tertiary/aromatic N) is 1. The minimum atomic E-state index is -3.83. The Balaban J connectivity index is 1.92. The number of rotatable bonds is 6. The highest BCUT2D eigenvalue weighted by Crippen LogP contribution is 2.43. The van der Waals surface area contributed by atoms with Gasteiger partial charge in [-0.15, -0.1) is 0 Å². The molecular formula is C20H21NO5S. The number of Topliss-reactive ketones (excluding diaryl/α,β-unsaturated/α-hetero) is 1. The predicted molar refractivity (Wildman–Crippen MR) is 103 cm³/mol. The molecule has 1 amide bonds. The summed E-state index contributed by atoms with van der Waals surface area (Å²) >= 11 is 0. The maximum atomic E-state index is 12.9. The van der Waals surface area contributed by atoms with Crippen molar-refractivity contribution < 1.29 is 22.7 Å². The largest absolute Gasteiger partial charge is 0.497 e. The van der Waals surface area contributed by atoms with Gasteiger partial charge in [-0.3, -0.25) is 9.59 Å². The molecule has 27 heavy (non-hydrogen) atoms. The first-order valence-electron chi connectivity index (χ1n) is 8.43. The first-order chi connectivity index (χ1) is 12.7. The van der Waals surface area contributed by atoms with Crippen LogP contribution in [-0.2, 0) is 20.0 Å². The lowest BCUT2D eigenvalue weighted by Gasteiger charge is -2.23. The molecule has 0 aliphatic carbocycles. The smallest absolute Gasteiger partial charge is 0.238 e. The molecule has 3 rings (SSSR count). The normalized spacial score (nSPS) is 19.1. The van der Waals surface area contributed by atoms with Crippen molar-refractivity contribution in [2.75, 3.05) is 30.6 Å². The van der Waals surface area contributed by atoms with Crippen LogP contribution in [-0.4, -0.2) is 45.8 Å². The number of anilines is 1. The summed E-state index contributed by atoms with van der Waals surface area (Å²) in [6.07, 6.45) is 0. The van der Waals surface area contributed by atoms with E-state index in [1.165, 1.54) is 12.0 Å². The van der Waals surface area contributed by atoms with Crippen LogP contribution in [0.5, 0.6) is 5.75 Å². The van der Waals surface area contributed by atoms with Crippen molar-refractivity contribution in [2.45, 2.75) is 12.3 Å². The Bertz CT molecular complexity index is 1000. The number of likely N-dealkylation sites (N-methyl/N-ethyl adjacent to an activating group) is 1. The first kappa shape index (κ1) is 19.1. The van der Waals surface area contributed by atoms with Crippen LogP contribution in [0, 0.1) is 0 Å². The van der Waals surface area contributed by atoms with Crippen molar-refractivity contribution in [3.05, 3.63) is 59.7 Å². The maximum Gasteiger partial charge on any atom is 0.238 e. The molecular weight excluding hydrogens is 366 g/mol. The fourth-order valence-corrected chi connectivity index (χ4v) is 5.34. The molecule has 1 unspecified atom stereocenters. The number of carbonyl (C=O) groups is 2. The number of benzene rings is 2. The van der Waals surface area contributed by atoms with Gasteiger partial charge in [-0.25, -0.2) is 8.42 Å². The number of amides is 1. The van der Waals surface area contributed by atoms with Crippen LogP contribution >= 0.6 is 0 Å². The number of carbonyl (C=O) groups excluding carboxylic acids is 2. The molecule has 0 aromatic heterocycles. The molecule has 0 fully saturated rings. The molecule has 2 aromatic rings. The number of ether oxygens (including phenoxy) is 1. The van der Waals surface area contributed by atoms with E-state index in [1.807, 2.05) is 0 Å². The van der Waals surface area contributed by atoms with E-state index in [0.29, 0.717) is 22.6 Å². The van der Waals surface area contributed by atoms with Crippen molar-refractivity contribution >= 4 is 27.2 Å². The van der Waals surface area contributed by atoms with Gasteiger partial charge in [-0.05, 0) is 30.7 Å². The predicted octanol–water partition coefficient (Wildman–Crippen LogP) is 2.23. The van der Waals surface area contributed by atoms with Gasteiger partial charge in [0.1, 0.15) is 11.5 Å². The average Bonchev–Trinajstić information content (AvgIpc) is 2.82. The van der Waals surface area contributed by atoms with E-state index in [9.17, 15) is 18.0 Å². The van der Waals surface area contributed by atoms with E-state index in [1.54, 1.807) is 62.5 Å². The van der Waals surface area contributed by atoms with Gasteiger partial charge in [-0.2, -0.15) is 0 Å². The fourth-order valence-electron chi connectivity index (χ4n) is 3.51. The van der Waals surface area contributed by atoms with E-state index in [4.69, 9.17) is 4.74 Å². The summed E-state index contributed by atoms with van der Waals surface area (Å²) in [5, 5.41) is 0. The lowest BCUT2D eigenvalue weighted by Crippen LogP contribution is -2.42. The molecule has 0 saturated carbocycles. The fraction of sp³-hybridized carbons (Fsp3) is 0.300. The summed E-state index contributed by atoms with van der Waals surface area (Å²) in [6, 6.07) is 13.4. The van der Waals surface area contributed by atoms with Gasteiger partial charge in [0.25, 0.3) is 0 Å². The lowest BCUT2D eigenvalue weighted by molar-refractivity contribution is -0.121. The average molecular weight is 387 g/mol. The van der Waals surface area contributed by atoms with Crippen LogP contribution < -0.4 is 9.64 Å². The number of ketones is 1. The zero-order chi connectivity index (χ0) is 19.8. The molecule has 1 aliphatic heterocycles. The van der Waals surface area contributed by atoms with Crippen LogP contribution in [0.3, 0.4) is 0 Å². The van der Waals surface area contributed by atoms with E-state index < -0.39 is 32.5 Å². The Labute approximate surface area is 158 Å². The third-order valence-electron chi connectivity index (χ3n) is 4.89. The monoisotopic (exact) mass is 387 g/mol. The Morgan fingerprint density at radius 1 is 1.15 bits per heavy atom. The summed E-state index contributed by atoms with van der Waals surface area (Å²) in [6.45, 7) is 1.60. The van der Waals surface area contributed by atoms with Crippen molar-refractivity contribution in [2.24, 2.45) is 0 Å². The topological polar surface area (TPSA) is 80.8 Å². The summed E-state index contributed by atoms with van der Waals surface area (Å²) in [4.78, 5) is 26.6. The van der Waals surface area contributed by atoms with Crippen LogP contribution in [0.15, 0.2) is 48.5 Å². The second-order valence-corrected chi connectivity index (χ2v) is 8.97. The number of hydrogen-bond donors (Lipinski definition) is 0. The van der Waals surface area contributed by atoms with Crippen molar-refractivity contribution in [1.82, 2.24) is 0 Å². The quantitative estimate of drug-likeness (QED) is 0.710. The maximum absolute atomic E-state index is 12.9. The minimum absolute atomic E-state index is 0.318. The van der Waals surface area contributed by atoms with E-state index in [0.717, 1.165) is 0 Å². The van der Waals surface area contributed by atoms with Crippen LogP contribution in [0.1, 0.15) is 22.8 Å². The highest BCUT2D eigenvalue weighted by atomic mass is 32.2. The molecule has 0 bridgehead atoms. The van der Waals surface area contributed by atoms with Crippen molar-refractivity contribution in [3.63, 3.8) is 0 Å². The summed E-state index contributed by atoms with van der Waals surface area (Å²) < 4.78 is 30.8.